The first-order valence-electron chi connectivity index (χ1n) is 4.53. The number of para-hydroxylation sites is 1. The number of fused-ring (bicyclic) bond motifs is 1. The van der Waals surface area contributed by atoms with Crippen LogP contribution in [-0.4, -0.2) is 19.9 Å². The largest absolute Gasteiger partial charge is 0.373 e. The molecule has 0 amide bonds. The quantitative estimate of drug-likeness (QED) is 0.609. The maximum atomic E-state index is 10.8. The van der Waals surface area contributed by atoms with Gasteiger partial charge in [-0.2, -0.15) is 0 Å². The Kier molecular flexibility index (Phi) is 1.83. The Labute approximate surface area is 78.2 Å². The molecule has 1 aromatic rings. The summed E-state index contributed by atoms with van der Waals surface area (Å²) >= 11 is 0. The monoisotopic (exact) mass is 175 g/mol. The van der Waals surface area contributed by atoms with E-state index in [0.29, 0.717) is 5.92 Å². The average Bonchev–Trinajstić information content (AvgIpc) is 2.43. The second kappa shape index (κ2) is 2.87. The summed E-state index contributed by atoms with van der Waals surface area (Å²) in [5.74, 6) is 0.542. The van der Waals surface area contributed by atoms with Crippen molar-refractivity contribution in [3.05, 3.63) is 29.3 Å². The van der Waals surface area contributed by atoms with Gasteiger partial charge in [0.1, 0.15) is 0 Å². The highest BCUT2D eigenvalue weighted by atomic mass is 16.1. The molecule has 1 aliphatic heterocycles. The summed E-state index contributed by atoms with van der Waals surface area (Å²) < 4.78 is 0. The molecule has 1 heterocycles. The van der Waals surface area contributed by atoms with Gasteiger partial charge in [0.25, 0.3) is 0 Å². The molecule has 2 rings (SSSR count). The first-order valence-corrected chi connectivity index (χ1v) is 4.53. The zero-order valence-corrected chi connectivity index (χ0v) is 7.95. The highest BCUT2D eigenvalue weighted by Crippen LogP contribution is 2.36. The summed E-state index contributed by atoms with van der Waals surface area (Å²) in [7, 11) is 2.04. The second-order valence-corrected chi connectivity index (χ2v) is 3.68. The van der Waals surface area contributed by atoms with E-state index in [1.165, 1.54) is 5.56 Å². The van der Waals surface area contributed by atoms with Crippen LogP contribution in [0.3, 0.4) is 0 Å². The third-order valence-electron chi connectivity index (χ3n) is 2.69. The fourth-order valence-corrected chi connectivity index (χ4v) is 2.11. The molecule has 0 aromatic heterocycles. The van der Waals surface area contributed by atoms with E-state index in [0.717, 1.165) is 24.1 Å². The molecule has 0 N–H and O–H groups in total. The van der Waals surface area contributed by atoms with E-state index in [1.807, 2.05) is 19.2 Å². The van der Waals surface area contributed by atoms with Gasteiger partial charge in [-0.3, -0.25) is 4.79 Å². The van der Waals surface area contributed by atoms with E-state index in [4.69, 9.17) is 0 Å². The Hall–Kier alpha value is -1.31. The van der Waals surface area contributed by atoms with Gasteiger partial charge in [-0.25, -0.2) is 0 Å². The zero-order valence-electron chi connectivity index (χ0n) is 7.95. The summed E-state index contributed by atoms with van der Waals surface area (Å²) in [6.45, 7) is 3.21. The van der Waals surface area contributed by atoms with Crippen molar-refractivity contribution in [2.45, 2.75) is 12.8 Å². The van der Waals surface area contributed by atoms with Crippen LogP contribution in [0.1, 0.15) is 28.8 Å². The fourth-order valence-electron chi connectivity index (χ4n) is 2.11. The maximum absolute atomic E-state index is 10.8. The van der Waals surface area contributed by atoms with Gasteiger partial charge >= 0.3 is 0 Å². The number of rotatable bonds is 1. The lowest BCUT2D eigenvalue weighted by Gasteiger charge is -2.13. The van der Waals surface area contributed by atoms with Crippen LogP contribution < -0.4 is 4.90 Å². The molecular weight excluding hydrogens is 162 g/mol. The standard InChI is InChI=1S/C11H13NO/c1-8-6-12(2)11-9(7-13)4-3-5-10(8)11/h3-5,7-8H,6H2,1-2H3. The Bertz CT molecular complexity index is 346. The number of likely N-dealkylation sites (N-methyl/N-ethyl adjacent to an activating group) is 1. The van der Waals surface area contributed by atoms with E-state index < -0.39 is 0 Å². The molecule has 1 unspecified atom stereocenters. The molecule has 68 valence electrons. The van der Waals surface area contributed by atoms with Crippen LogP contribution in [-0.2, 0) is 0 Å². The number of nitrogens with zero attached hydrogens (tertiary/aromatic N) is 1. The predicted molar refractivity (Wildman–Crippen MR) is 53.5 cm³/mol. The van der Waals surface area contributed by atoms with Gasteiger partial charge in [-0.15, -0.1) is 0 Å². The zero-order chi connectivity index (χ0) is 9.42. The minimum Gasteiger partial charge on any atom is -0.373 e. The third-order valence-corrected chi connectivity index (χ3v) is 2.69. The summed E-state index contributed by atoms with van der Waals surface area (Å²) in [5.41, 5.74) is 3.22. The fraction of sp³-hybridized carbons (Fsp3) is 0.364. The Morgan fingerprint density at radius 1 is 1.54 bits per heavy atom. The molecule has 0 radical (unpaired) electrons. The minimum absolute atomic E-state index is 0.542. The molecule has 0 aliphatic carbocycles. The van der Waals surface area contributed by atoms with Crippen molar-refractivity contribution < 1.29 is 4.79 Å². The minimum atomic E-state index is 0.542. The Morgan fingerprint density at radius 2 is 2.31 bits per heavy atom. The molecule has 1 aliphatic rings. The first-order chi connectivity index (χ1) is 6.24. The summed E-state index contributed by atoms with van der Waals surface area (Å²) in [6.07, 6.45) is 0.938. The van der Waals surface area contributed by atoms with Gasteiger partial charge < -0.3 is 4.90 Å². The van der Waals surface area contributed by atoms with Gasteiger partial charge in [0.05, 0.1) is 5.69 Å². The van der Waals surface area contributed by atoms with Gasteiger partial charge in [-0.1, -0.05) is 19.1 Å². The molecule has 2 heteroatoms. The number of carbonyl (C=O) groups is 1. The number of anilines is 1. The van der Waals surface area contributed by atoms with Gasteiger partial charge in [-0.05, 0) is 11.6 Å². The van der Waals surface area contributed by atoms with E-state index in [-0.39, 0.29) is 0 Å². The molecule has 2 nitrogen and oxygen atoms in total. The van der Waals surface area contributed by atoms with Crippen LogP contribution in [0.4, 0.5) is 5.69 Å². The molecule has 0 saturated carbocycles. The lowest BCUT2D eigenvalue weighted by Crippen LogP contribution is -2.15. The van der Waals surface area contributed by atoms with Crippen molar-refractivity contribution in [2.24, 2.45) is 0 Å². The summed E-state index contributed by atoms with van der Waals surface area (Å²) in [4.78, 5) is 12.9. The molecule has 0 bridgehead atoms. The molecule has 0 saturated heterocycles. The highest BCUT2D eigenvalue weighted by molar-refractivity contribution is 5.87. The second-order valence-electron chi connectivity index (χ2n) is 3.68. The third kappa shape index (κ3) is 1.13. The van der Waals surface area contributed by atoms with E-state index >= 15 is 0 Å². The highest BCUT2D eigenvalue weighted by Gasteiger charge is 2.24. The van der Waals surface area contributed by atoms with E-state index in [2.05, 4.69) is 17.9 Å². The molecule has 0 spiro atoms. The number of benzene rings is 1. The smallest absolute Gasteiger partial charge is 0.152 e. The lowest BCUT2D eigenvalue weighted by atomic mass is 10.0. The number of hydrogen-bond donors (Lipinski definition) is 0. The number of carbonyl (C=O) groups excluding carboxylic acids is 1. The van der Waals surface area contributed by atoms with Crippen molar-refractivity contribution in [2.75, 3.05) is 18.5 Å². The van der Waals surface area contributed by atoms with E-state index in [1.54, 1.807) is 0 Å². The molecule has 1 aromatic carbocycles. The van der Waals surface area contributed by atoms with Crippen molar-refractivity contribution in [1.29, 1.82) is 0 Å². The SMILES string of the molecule is CC1CN(C)c2c(C=O)cccc21. The normalized spacial score (nSPS) is 20.2. The molecule has 0 fully saturated rings. The van der Waals surface area contributed by atoms with Gasteiger partial charge in [0.2, 0.25) is 0 Å². The number of aldehydes is 1. The average molecular weight is 175 g/mol. The van der Waals surface area contributed by atoms with Crippen LogP contribution in [0.25, 0.3) is 0 Å². The van der Waals surface area contributed by atoms with Gasteiger partial charge in [0, 0.05) is 25.1 Å². The van der Waals surface area contributed by atoms with Gasteiger partial charge in [0.15, 0.2) is 6.29 Å². The molecular formula is C11H13NO. The van der Waals surface area contributed by atoms with Crippen molar-refractivity contribution >= 4 is 12.0 Å². The van der Waals surface area contributed by atoms with E-state index in [9.17, 15) is 4.79 Å². The predicted octanol–water partition coefficient (Wildman–Crippen LogP) is 2.05. The van der Waals surface area contributed by atoms with Crippen LogP contribution >= 0.6 is 0 Å². The van der Waals surface area contributed by atoms with Crippen LogP contribution in [0, 0.1) is 0 Å². The lowest BCUT2D eigenvalue weighted by molar-refractivity contribution is 0.112. The number of hydrogen-bond acceptors (Lipinski definition) is 2. The van der Waals surface area contributed by atoms with Crippen LogP contribution in [0.2, 0.25) is 0 Å². The first kappa shape index (κ1) is 8.30. The Morgan fingerprint density at radius 3 is 3.00 bits per heavy atom. The van der Waals surface area contributed by atoms with Crippen molar-refractivity contribution in [1.82, 2.24) is 0 Å². The Balaban J connectivity index is 2.61. The van der Waals surface area contributed by atoms with Crippen LogP contribution in [0.5, 0.6) is 0 Å². The molecule has 1 atom stereocenters. The van der Waals surface area contributed by atoms with Crippen molar-refractivity contribution in [3.8, 4) is 0 Å². The summed E-state index contributed by atoms with van der Waals surface area (Å²) in [6, 6.07) is 5.94. The maximum Gasteiger partial charge on any atom is 0.152 e. The summed E-state index contributed by atoms with van der Waals surface area (Å²) in [5, 5.41) is 0. The molecule has 13 heavy (non-hydrogen) atoms. The topological polar surface area (TPSA) is 20.3 Å². The van der Waals surface area contributed by atoms with Crippen molar-refractivity contribution in [3.63, 3.8) is 0 Å². The van der Waals surface area contributed by atoms with Crippen LogP contribution in [0.15, 0.2) is 18.2 Å².